The van der Waals surface area contributed by atoms with Crippen LogP contribution in [0.2, 0.25) is 5.02 Å². The van der Waals surface area contributed by atoms with E-state index in [4.69, 9.17) is 15.8 Å². The minimum atomic E-state index is -4.40. The van der Waals surface area contributed by atoms with Crippen molar-refractivity contribution in [3.8, 4) is 5.75 Å². The topological polar surface area (TPSA) is 127 Å². The molecule has 1 aromatic heterocycles. The number of amides is 2. The van der Waals surface area contributed by atoms with Gasteiger partial charge in [0.1, 0.15) is 17.2 Å². The first-order valence-electron chi connectivity index (χ1n) is 9.22. The number of benzene rings is 2. The first-order chi connectivity index (χ1) is 14.6. The predicted molar refractivity (Wildman–Crippen MR) is 116 cm³/mol. The van der Waals surface area contributed by atoms with Gasteiger partial charge in [0.15, 0.2) is 0 Å². The Bertz CT molecular complexity index is 1250. The number of halogens is 1. The van der Waals surface area contributed by atoms with Crippen LogP contribution in [0.25, 0.3) is 10.9 Å². The molecule has 9 nitrogen and oxygen atoms in total. The number of carboxylic acids is 1. The fourth-order valence-corrected chi connectivity index (χ4v) is 4.73. The maximum absolute atomic E-state index is 13.2. The van der Waals surface area contributed by atoms with E-state index in [2.05, 4.69) is 10.6 Å². The molecule has 2 amide bonds. The Morgan fingerprint density at radius 3 is 2.45 bits per heavy atom. The van der Waals surface area contributed by atoms with Crippen LogP contribution in [0.4, 0.5) is 10.5 Å². The molecule has 0 saturated heterocycles. The highest BCUT2D eigenvalue weighted by atomic mass is 35.5. The van der Waals surface area contributed by atoms with Crippen molar-refractivity contribution >= 4 is 50.3 Å². The molecule has 0 fully saturated rings. The largest absolute Gasteiger partial charge is 0.480 e. The van der Waals surface area contributed by atoms with Gasteiger partial charge in [0, 0.05) is 22.6 Å². The van der Waals surface area contributed by atoms with Crippen LogP contribution >= 0.6 is 11.6 Å². The normalized spacial score (nSPS) is 11.3. The molecule has 0 aliphatic rings. The summed E-state index contributed by atoms with van der Waals surface area (Å²) in [6.07, 6.45) is 0. The Morgan fingerprint density at radius 1 is 1.16 bits per heavy atom. The van der Waals surface area contributed by atoms with E-state index >= 15 is 0 Å². The third-order valence-corrected chi connectivity index (χ3v) is 6.11. The summed E-state index contributed by atoms with van der Waals surface area (Å²) in [6, 6.07) is 9.95. The number of hydrogen-bond donors (Lipinski definition) is 3. The molecule has 164 valence electrons. The lowest BCUT2D eigenvalue weighted by molar-refractivity contribution is -0.137. The number of aromatic nitrogens is 1. The van der Waals surface area contributed by atoms with Crippen LogP contribution in [-0.2, 0) is 21.5 Å². The van der Waals surface area contributed by atoms with E-state index in [1.807, 2.05) is 0 Å². The molecule has 11 heteroatoms. The summed E-state index contributed by atoms with van der Waals surface area (Å²) >= 11 is 5.84. The Labute approximate surface area is 183 Å². The predicted octanol–water partition coefficient (Wildman–Crippen LogP) is 3.60. The van der Waals surface area contributed by atoms with Crippen molar-refractivity contribution in [3.63, 3.8) is 0 Å². The fraction of sp³-hybridized carbons (Fsp3) is 0.200. The van der Waals surface area contributed by atoms with Gasteiger partial charge < -0.3 is 24.5 Å². The third kappa shape index (κ3) is 4.75. The number of carboxylic acid groups (broad SMARTS) is 1. The van der Waals surface area contributed by atoms with Gasteiger partial charge in [-0.1, -0.05) is 17.7 Å². The van der Waals surface area contributed by atoms with Crippen molar-refractivity contribution in [2.45, 2.75) is 25.3 Å². The maximum atomic E-state index is 13.2. The molecule has 0 aliphatic carbocycles. The minimum absolute atomic E-state index is 0.0390. The molecule has 0 saturated carbocycles. The zero-order valence-electron chi connectivity index (χ0n) is 16.7. The van der Waals surface area contributed by atoms with E-state index in [1.54, 1.807) is 19.1 Å². The van der Waals surface area contributed by atoms with E-state index in [-0.39, 0.29) is 27.4 Å². The highest BCUT2D eigenvalue weighted by molar-refractivity contribution is 7.87. The molecule has 3 N–H and O–H groups in total. The summed E-state index contributed by atoms with van der Waals surface area (Å²) < 4.78 is 33.1. The summed E-state index contributed by atoms with van der Waals surface area (Å²) in [6.45, 7) is 3.12. The maximum Gasteiger partial charge on any atom is 0.341 e. The molecule has 0 spiro atoms. The van der Waals surface area contributed by atoms with Gasteiger partial charge in [-0.3, -0.25) is 4.79 Å². The van der Waals surface area contributed by atoms with Crippen LogP contribution < -0.4 is 14.8 Å². The van der Waals surface area contributed by atoms with Gasteiger partial charge in [0.2, 0.25) is 0 Å². The van der Waals surface area contributed by atoms with Gasteiger partial charge in [-0.2, -0.15) is 8.42 Å². The Hall–Kier alpha value is -3.24. The Morgan fingerprint density at radius 2 is 1.84 bits per heavy atom. The van der Waals surface area contributed by atoms with Gasteiger partial charge in [-0.15, -0.1) is 0 Å². The van der Waals surface area contributed by atoms with Gasteiger partial charge in [-0.05, 0) is 50.2 Å². The van der Waals surface area contributed by atoms with E-state index < -0.39 is 28.7 Å². The molecule has 0 bridgehead atoms. The smallest absolute Gasteiger partial charge is 0.341 e. The number of urea groups is 1. The van der Waals surface area contributed by atoms with E-state index in [0.717, 1.165) is 0 Å². The standard InChI is InChI=1S/C20H20ClN3O6S/c1-3-22-20(27)23-15-5-4-6-16-18(15)19(12(2)24(16)11-17(25)26)31(28,29)30-14-9-7-13(21)8-10-14/h4-10H,3,11H2,1-2H3,(H,25,26)(H2,22,23,27). The van der Waals surface area contributed by atoms with Crippen molar-refractivity contribution in [3.05, 3.63) is 53.2 Å². The number of anilines is 1. The Balaban J connectivity index is 2.22. The summed E-state index contributed by atoms with van der Waals surface area (Å²) in [4.78, 5) is 23.3. The lowest BCUT2D eigenvalue weighted by atomic mass is 10.2. The van der Waals surface area contributed by atoms with Gasteiger partial charge in [0.25, 0.3) is 0 Å². The second-order valence-corrected chi connectivity index (χ2v) is 8.49. The monoisotopic (exact) mass is 465 g/mol. The zero-order chi connectivity index (χ0) is 22.8. The molecule has 3 aromatic rings. The van der Waals surface area contributed by atoms with Crippen LogP contribution in [0.15, 0.2) is 47.4 Å². The number of hydrogen-bond acceptors (Lipinski definition) is 5. The fourth-order valence-electron chi connectivity index (χ4n) is 3.22. The van der Waals surface area contributed by atoms with Crippen molar-refractivity contribution < 1.29 is 27.3 Å². The molecule has 0 aliphatic heterocycles. The number of nitrogens with zero attached hydrogens (tertiary/aromatic N) is 1. The number of carbonyl (C=O) groups excluding carboxylic acids is 1. The number of aliphatic carboxylic acids is 1. The van der Waals surface area contributed by atoms with Crippen LogP contribution in [0.3, 0.4) is 0 Å². The first-order valence-corrected chi connectivity index (χ1v) is 11.0. The van der Waals surface area contributed by atoms with Crippen LogP contribution in [-0.4, -0.2) is 36.6 Å². The summed E-state index contributed by atoms with van der Waals surface area (Å²) in [5.41, 5.74) is 0.693. The molecule has 3 rings (SSSR count). The van der Waals surface area contributed by atoms with Crippen LogP contribution in [0.5, 0.6) is 5.75 Å². The van der Waals surface area contributed by atoms with Gasteiger partial charge >= 0.3 is 22.1 Å². The molecular weight excluding hydrogens is 446 g/mol. The molecule has 0 unspecified atom stereocenters. The van der Waals surface area contributed by atoms with E-state index in [9.17, 15) is 23.1 Å². The van der Waals surface area contributed by atoms with Crippen LogP contribution in [0.1, 0.15) is 12.6 Å². The quantitative estimate of drug-likeness (QED) is 0.457. The summed E-state index contributed by atoms with van der Waals surface area (Å²) in [7, 11) is -4.40. The third-order valence-electron chi connectivity index (χ3n) is 4.44. The number of nitrogens with one attached hydrogen (secondary N) is 2. The summed E-state index contributed by atoms with van der Waals surface area (Å²) in [5.74, 6) is -1.11. The summed E-state index contributed by atoms with van der Waals surface area (Å²) in [5, 5.41) is 15.1. The van der Waals surface area contributed by atoms with Crippen LogP contribution in [0, 0.1) is 6.92 Å². The lowest BCUT2D eigenvalue weighted by Crippen LogP contribution is -2.28. The average molecular weight is 466 g/mol. The number of carbonyl (C=O) groups is 2. The van der Waals surface area contributed by atoms with E-state index in [1.165, 1.54) is 41.8 Å². The van der Waals surface area contributed by atoms with Crippen molar-refractivity contribution in [1.29, 1.82) is 0 Å². The lowest BCUT2D eigenvalue weighted by Gasteiger charge is -2.11. The van der Waals surface area contributed by atoms with Gasteiger partial charge in [-0.25, -0.2) is 4.79 Å². The second-order valence-electron chi connectivity index (χ2n) is 6.57. The highest BCUT2D eigenvalue weighted by Gasteiger charge is 2.30. The number of fused-ring (bicyclic) bond motifs is 1. The van der Waals surface area contributed by atoms with Gasteiger partial charge in [0.05, 0.1) is 11.2 Å². The van der Waals surface area contributed by atoms with Crippen molar-refractivity contribution in [1.82, 2.24) is 9.88 Å². The molecule has 0 atom stereocenters. The molecule has 0 radical (unpaired) electrons. The average Bonchev–Trinajstić information content (AvgIpc) is 2.97. The Kier molecular flexibility index (Phi) is 6.42. The number of rotatable bonds is 7. The zero-order valence-corrected chi connectivity index (χ0v) is 18.2. The minimum Gasteiger partial charge on any atom is -0.480 e. The second kappa shape index (κ2) is 8.86. The van der Waals surface area contributed by atoms with E-state index in [0.29, 0.717) is 17.1 Å². The molecular formula is C20H20ClN3O6S. The van der Waals surface area contributed by atoms with Crippen molar-refractivity contribution in [2.75, 3.05) is 11.9 Å². The highest BCUT2D eigenvalue weighted by Crippen LogP contribution is 2.36. The first kappa shape index (κ1) is 22.4. The molecule has 31 heavy (non-hydrogen) atoms. The van der Waals surface area contributed by atoms with Crippen molar-refractivity contribution in [2.24, 2.45) is 0 Å². The SMILES string of the molecule is CCNC(=O)Nc1cccc2c1c(S(=O)(=O)Oc1ccc(Cl)cc1)c(C)n2CC(=O)O. The molecule has 1 heterocycles. The molecule has 2 aromatic carbocycles.